The number of benzene rings is 1. The maximum absolute atomic E-state index is 11.4. The van der Waals surface area contributed by atoms with Crippen molar-refractivity contribution >= 4 is 17.6 Å². The number of hydrogen-bond acceptors (Lipinski definition) is 4. The summed E-state index contributed by atoms with van der Waals surface area (Å²) in [5, 5.41) is 0.441. The van der Waals surface area contributed by atoms with Gasteiger partial charge in [0.15, 0.2) is 6.61 Å². The highest BCUT2D eigenvalue weighted by molar-refractivity contribution is 6.32. The number of halogens is 1. The number of carbonyl (C=O) groups excluding carboxylic acids is 1. The minimum atomic E-state index is -0.388. The molecule has 0 spiro atoms. The van der Waals surface area contributed by atoms with E-state index in [1.807, 2.05) is 19.9 Å². The van der Waals surface area contributed by atoms with Gasteiger partial charge in [-0.2, -0.15) is 0 Å². The molecule has 5 heteroatoms. The molecule has 0 amide bonds. The molecule has 0 saturated heterocycles. The topological polar surface area (TPSA) is 61.5 Å². The lowest BCUT2D eigenvalue weighted by molar-refractivity contribution is -0.146. The van der Waals surface area contributed by atoms with Gasteiger partial charge >= 0.3 is 5.97 Å². The lowest BCUT2D eigenvalue weighted by Crippen LogP contribution is -2.15. The summed E-state index contributed by atoms with van der Waals surface area (Å²) in [6, 6.07) is 5.18. The van der Waals surface area contributed by atoms with Crippen molar-refractivity contribution in [2.75, 3.05) is 13.2 Å². The summed E-state index contributed by atoms with van der Waals surface area (Å²) in [5.74, 6) is 0.0688. The Labute approximate surface area is 118 Å². The molecule has 1 aromatic rings. The van der Waals surface area contributed by atoms with Crippen molar-refractivity contribution in [1.82, 2.24) is 0 Å². The van der Waals surface area contributed by atoms with Crippen LogP contribution in [0.4, 0.5) is 0 Å². The fourth-order valence-electron chi connectivity index (χ4n) is 1.43. The predicted molar refractivity (Wildman–Crippen MR) is 75.4 cm³/mol. The molecule has 0 aliphatic heterocycles. The van der Waals surface area contributed by atoms with Gasteiger partial charge in [-0.1, -0.05) is 31.0 Å². The van der Waals surface area contributed by atoms with Crippen LogP contribution in [0, 0.1) is 0 Å². The minimum Gasteiger partial charge on any atom is -0.480 e. The standard InChI is InChI=1S/C14H20ClNO3/c1-3-4-7-18-14(17)9-19-13-6-5-11(10(2)16)8-12(13)15/h5-6,8,10H,3-4,7,9,16H2,1-2H3/t10-/m1/s1. The lowest BCUT2D eigenvalue weighted by atomic mass is 10.1. The van der Waals surface area contributed by atoms with Gasteiger partial charge in [-0.25, -0.2) is 4.79 Å². The predicted octanol–water partition coefficient (Wildman–Crippen LogP) is 3.08. The van der Waals surface area contributed by atoms with Crippen LogP contribution in [0.5, 0.6) is 5.75 Å². The number of unbranched alkanes of at least 4 members (excludes halogenated alkanes) is 1. The van der Waals surface area contributed by atoms with Crippen LogP contribution >= 0.6 is 11.6 Å². The Bertz CT molecular complexity index is 421. The molecule has 0 aliphatic carbocycles. The van der Waals surface area contributed by atoms with Gasteiger partial charge in [-0.05, 0) is 31.0 Å². The van der Waals surface area contributed by atoms with Crippen molar-refractivity contribution in [3.05, 3.63) is 28.8 Å². The van der Waals surface area contributed by atoms with Crippen molar-refractivity contribution in [1.29, 1.82) is 0 Å². The fraction of sp³-hybridized carbons (Fsp3) is 0.500. The minimum absolute atomic E-state index is 0.0921. The average Bonchev–Trinajstić information content (AvgIpc) is 2.37. The van der Waals surface area contributed by atoms with Crippen molar-refractivity contribution in [2.24, 2.45) is 5.73 Å². The van der Waals surface area contributed by atoms with Crippen molar-refractivity contribution in [2.45, 2.75) is 32.7 Å². The summed E-state index contributed by atoms with van der Waals surface area (Å²) in [4.78, 5) is 11.4. The smallest absolute Gasteiger partial charge is 0.344 e. The molecular weight excluding hydrogens is 266 g/mol. The second kappa shape index (κ2) is 8.02. The van der Waals surface area contributed by atoms with E-state index in [4.69, 9.17) is 26.8 Å². The second-order valence-electron chi connectivity index (χ2n) is 4.34. The van der Waals surface area contributed by atoms with Crippen LogP contribution < -0.4 is 10.5 Å². The molecule has 1 atom stereocenters. The van der Waals surface area contributed by atoms with E-state index < -0.39 is 0 Å². The highest BCUT2D eigenvalue weighted by atomic mass is 35.5. The zero-order valence-corrected chi connectivity index (χ0v) is 12.1. The number of carbonyl (C=O) groups is 1. The Morgan fingerprint density at radius 2 is 2.21 bits per heavy atom. The van der Waals surface area contributed by atoms with Crippen LogP contribution in [-0.2, 0) is 9.53 Å². The average molecular weight is 286 g/mol. The Morgan fingerprint density at radius 1 is 1.47 bits per heavy atom. The Hall–Kier alpha value is -1.26. The molecule has 1 rings (SSSR count). The summed E-state index contributed by atoms with van der Waals surface area (Å²) >= 11 is 6.05. The van der Waals surface area contributed by atoms with Crippen LogP contribution in [0.3, 0.4) is 0 Å². The summed E-state index contributed by atoms with van der Waals surface area (Å²) in [6.07, 6.45) is 1.84. The fourth-order valence-corrected chi connectivity index (χ4v) is 1.67. The third-order valence-corrected chi connectivity index (χ3v) is 2.88. The van der Waals surface area contributed by atoms with E-state index in [1.54, 1.807) is 12.1 Å². The number of hydrogen-bond donors (Lipinski definition) is 1. The van der Waals surface area contributed by atoms with E-state index in [0.29, 0.717) is 17.4 Å². The maximum atomic E-state index is 11.4. The largest absolute Gasteiger partial charge is 0.480 e. The van der Waals surface area contributed by atoms with Gasteiger partial charge in [0.05, 0.1) is 11.6 Å². The highest BCUT2D eigenvalue weighted by Gasteiger charge is 2.09. The third kappa shape index (κ3) is 5.49. The molecule has 2 N–H and O–H groups in total. The highest BCUT2D eigenvalue weighted by Crippen LogP contribution is 2.27. The van der Waals surface area contributed by atoms with Crippen LogP contribution in [0.25, 0.3) is 0 Å². The molecule has 0 aromatic heterocycles. The lowest BCUT2D eigenvalue weighted by Gasteiger charge is -2.11. The molecule has 19 heavy (non-hydrogen) atoms. The van der Waals surface area contributed by atoms with E-state index in [9.17, 15) is 4.79 Å². The van der Waals surface area contributed by atoms with Crippen molar-refractivity contribution in [3.63, 3.8) is 0 Å². The van der Waals surface area contributed by atoms with E-state index in [-0.39, 0.29) is 18.6 Å². The van der Waals surface area contributed by atoms with Crippen molar-refractivity contribution in [3.8, 4) is 5.75 Å². The van der Waals surface area contributed by atoms with Crippen LogP contribution in [-0.4, -0.2) is 19.2 Å². The number of ether oxygens (including phenoxy) is 2. The van der Waals surface area contributed by atoms with Gasteiger partial charge in [-0.15, -0.1) is 0 Å². The molecule has 0 unspecified atom stereocenters. The molecule has 106 valence electrons. The van der Waals surface area contributed by atoms with Crippen LogP contribution in [0.2, 0.25) is 5.02 Å². The second-order valence-corrected chi connectivity index (χ2v) is 4.75. The molecule has 0 aliphatic rings. The molecule has 0 saturated carbocycles. The van der Waals surface area contributed by atoms with E-state index in [0.717, 1.165) is 18.4 Å². The van der Waals surface area contributed by atoms with Crippen molar-refractivity contribution < 1.29 is 14.3 Å². The first-order valence-electron chi connectivity index (χ1n) is 6.38. The summed E-state index contributed by atoms with van der Waals surface area (Å²) in [6.45, 7) is 4.19. The summed E-state index contributed by atoms with van der Waals surface area (Å²) in [5.41, 5.74) is 6.67. The number of nitrogens with two attached hydrogens (primary N) is 1. The van der Waals surface area contributed by atoms with Crippen LogP contribution in [0.15, 0.2) is 18.2 Å². The SMILES string of the molecule is CCCCOC(=O)COc1ccc([C@@H](C)N)cc1Cl. The number of rotatable bonds is 7. The Morgan fingerprint density at radius 3 is 2.79 bits per heavy atom. The van der Waals surface area contributed by atoms with Gasteiger partial charge in [-0.3, -0.25) is 0 Å². The zero-order valence-electron chi connectivity index (χ0n) is 11.3. The summed E-state index contributed by atoms with van der Waals surface area (Å²) in [7, 11) is 0. The van der Waals surface area contributed by atoms with Gasteiger partial charge in [0.25, 0.3) is 0 Å². The first kappa shape index (κ1) is 15.8. The first-order valence-corrected chi connectivity index (χ1v) is 6.75. The van der Waals surface area contributed by atoms with Gasteiger partial charge in [0.1, 0.15) is 5.75 Å². The third-order valence-electron chi connectivity index (χ3n) is 2.59. The summed E-state index contributed by atoms with van der Waals surface area (Å²) < 4.78 is 10.3. The Kier molecular flexibility index (Phi) is 6.67. The maximum Gasteiger partial charge on any atom is 0.344 e. The van der Waals surface area contributed by atoms with Gasteiger partial charge < -0.3 is 15.2 Å². The molecule has 0 fully saturated rings. The molecule has 1 aromatic carbocycles. The molecular formula is C14H20ClNO3. The monoisotopic (exact) mass is 285 g/mol. The molecule has 4 nitrogen and oxygen atoms in total. The number of esters is 1. The quantitative estimate of drug-likeness (QED) is 0.618. The zero-order chi connectivity index (χ0) is 14.3. The van der Waals surface area contributed by atoms with Gasteiger partial charge in [0, 0.05) is 6.04 Å². The van der Waals surface area contributed by atoms with E-state index in [1.165, 1.54) is 0 Å². The normalized spacial score (nSPS) is 12.0. The molecule has 0 heterocycles. The molecule has 0 bridgehead atoms. The Balaban J connectivity index is 2.47. The first-order chi connectivity index (χ1) is 9.04. The van der Waals surface area contributed by atoms with E-state index >= 15 is 0 Å². The van der Waals surface area contributed by atoms with Gasteiger partial charge in [0.2, 0.25) is 0 Å². The van der Waals surface area contributed by atoms with E-state index in [2.05, 4.69) is 0 Å². The van der Waals surface area contributed by atoms with Crippen LogP contribution in [0.1, 0.15) is 38.3 Å². The molecule has 0 radical (unpaired) electrons.